The van der Waals surface area contributed by atoms with E-state index in [0.717, 1.165) is 33.1 Å². The minimum absolute atomic E-state index is 0.739. The van der Waals surface area contributed by atoms with Crippen LogP contribution < -0.4 is 5.32 Å². The molecule has 1 aromatic carbocycles. The van der Waals surface area contributed by atoms with E-state index >= 15 is 0 Å². The third-order valence-electron chi connectivity index (χ3n) is 3.18. The third kappa shape index (κ3) is 2.04. The maximum atomic E-state index is 6.13. The quantitative estimate of drug-likeness (QED) is 0.774. The van der Waals surface area contributed by atoms with Gasteiger partial charge >= 0.3 is 0 Å². The normalized spacial score (nSPS) is 10.9. The van der Waals surface area contributed by atoms with Crippen molar-refractivity contribution in [3.05, 3.63) is 47.4 Å². The minimum Gasteiger partial charge on any atom is -0.339 e. The Kier molecular flexibility index (Phi) is 2.87. The van der Waals surface area contributed by atoms with Crippen LogP contribution in [0.3, 0.4) is 0 Å². The third-order valence-corrected chi connectivity index (χ3v) is 3.59. The highest BCUT2D eigenvalue weighted by Gasteiger charge is 2.08. The van der Waals surface area contributed by atoms with Crippen LogP contribution in [0.4, 0.5) is 11.5 Å². The summed E-state index contributed by atoms with van der Waals surface area (Å²) in [5.41, 5.74) is 2.86. The predicted molar refractivity (Wildman–Crippen MR) is 78.0 cm³/mol. The van der Waals surface area contributed by atoms with Gasteiger partial charge in [-0.25, -0.2) is 9.97 Å². The Morgan fingerprint density at radius 3 is 2.89 bits per heavy atom. The van der Waals surface area contributed by atoms with E-state index in [2.05, 4.69) is 15.3 Å². The number of aromatic nitrogens is 3. The van der Waals surface area contributed by atoms with Gasteiger partial charge in [0.2, 0.25) is 0 Å². The summed E-state index contributed by atoms with van der Waals surface area (Å²) in [6.45, 7) is 1.98. The van der Waals surface area contributed by atoms with Crippen molar-refractivity contribution >= 4 is 34.1 Å². The molecule has 96 valence electrons. The fourth-order valence-electron chi connectivity index (χ4n) is 2.05. The van der Waals surface area contributed by atoms with Crippen LogP contribution in [0, 0.1) is 6.92 Å². The second-order valence-electron chi connectivity index (χ2n) is 4.42. The van der Waals surface area contributed by atoms with Crippen molar-refractivity contribution in [1.29, 1.82) is 0 Å². The molecule has 3 rings (SSSR count). The highest BCUT2D eigenvalue weighted by molar-refractivity contribution is 6.31. The van der Waals surface area contributed by atoms with Crippen molar-refractivity contribution < 1.29 is 0 Å². The van der Waals surface area contributed by atoms with Crippen molar-refractivity contribution in [2.24, 2.45) is 7.05 Å². The van der Waals surface area contributed by atoms with E-state index in [1.165, 1.54) is 0 Å². The van der Waals surface area contributed by atoms with Crippen molar-refractivity contribution in [1.82, 2.24) is 14.5 Å². The average Bonchev–Trinajstić information content (AvgIpc) is 2.78. The van der Waals surface area contributed by atoms with Crippen LogP contribution in [0.2, 0.25) is 5.02 Å². The number of rotatable bonds is 2. The molecule has 0 aliphatic heterocycles. The largest absolute Gasteiger partial charge is 0.339 e. The molecule has 19 heavy (non-hydrogen) atoms. The lowest BCUT2D eigenvalue weighted by Gasteiger charge is -2.10. The van der Waals surface area contributed by atoms with Crippen LogP contribution in [0.5, 0.6) is 0 Å². The van der Waals surface area contributed by atoms with Crippen molar-refractivity contribution in [3.63, 3.8) is 0 Å². The van der Waals surface area contributed by atoms with Crippen LogP contribution >= 0.6 is 11.6 Å². The first-order valence-corrected chi connectivity index (χ1v) is 6.33. The molecule has 2 heterocycles. The summed E-state index contributed by atoms with van der Waals surface area (Å²) in [7, 11) is 1.96. The van der Waals surface area contributed by atoms with Gasteiger partial charge in [0.05, 0.1) is 5.39 Å². The van der Waals surface area contributed by atoms with Crippen molar-refractivity contribution in [2.45, 2.75) is 6.92 Å². The number of halogens is 1. The van der Waals surface area contributed by atoms with Gasteiger partial charge in [0.1, 0.15) is 17.8 Å². The minimum atomic E-state index is 0.739. The van der Waals surface area contributed by atoms with Gasteiger partial charge in [-0.3, -0.25) is 0 Å². The molecule has 0 fully saturated rings. The number of anilines is 2. The predicted octanol–water partition coefficient (Wildman–Crippen LogP) is 3.67. The summed E-state index contributed by atoms with van der Waals surface area (Å²) >= 11 is 6.13. The Balaban J connectivity index is 2.08. The molecule has 0 aliphatic rings. The topological polar surface area (TPSA) is 42.7 Å². The molecule has 0 saturated heterocycles. The van der Waals surface area contributed by atoms with E-state index in [9.17, 15) is 0 Å². The summed E-state index contributed by atoms with van der Waals surface area (Å²) in [6, 6.07) is 7.77. The monoisotopic (exact) mass is 272 g/mol. The maximum Gasteiger partial charge on any atom is 0.145 e. The van der Waals surface area contributed by atoms with Gasteiger partial charge < -0.3 is 9.88 Å². The van der Waals surface area contributed by atoms with E-state index in [1.54, 1.807) is 6.33 Å². The molecule has 5 heteroatoms. The summed E-state index contributed by atoms with van der Waals surface area (Å²) in [4.78, 5) is 8.58. The number of nitrogens with one attached hydrogen (secondary N) is 1. The van der Waals surface area contributed by atoms with Crippen LogP contribution in [-0.4, -0.2) is 14.5 Å². The summed E-state index contributed by atoms with van der Waals surface area (Å²) < 4.78 is 1.97. The Bertz CT molecular complexity index is 748. The molecule has 0 aliphatic carbocycles. The number of hydrogen-bond donors (Lipinski definition) is 1. The fourth-order valence-corrected chi connectivity index (χ4v) is 2.22. The van der Waals surface area contributed by atoms with Gasteiger partial charge in [-0.05, 0) is 30.7 Å². The Hall–Kier alpha value is -2.07. The molecule has 0 radical (unpaired) electrons. The lowest BCUT2D eigenvalue weighted by Crippen LogP contribution is -1.98. The van der Waals surface area contributed by atoms with Gasteiger partial charge in [0.25, 0.3) is 0 Å². The van der Waals surface area contributed by atoms with E-state index < -0.39 is 0 Å². The number of hydrogen-bond acceptors (Lipinski definition) is 3. The highest BCUT2D eigenvalue weighted by atomic mass is 35.5. The molecule has 1 N–H and O–H groups in total. The van der Waals surface area contributed by atoms with E-state index in [1.807, 2.05) is 49.0 Å². The first kappa shape index (κ1) is 12.0. The lowest BCUT2D eigenvalue weighted by molar-refractivity contribution is 0.944. The van der Waals surface area contributed by atoms with Crippen molar-refractivity contribution in [2.75, 3.05) is 5.32 Å². The molecule has 0 unspecified atom stereocenters. The Labute approximate surface area is 116 Å². The van der Waals surface area contributed by atoms with Gasteiger partial charge in [0.15, 0.2) is 0 Å². The number of aryl methyl sites for hydroxylation is 1. The molecule has 3 aromatic rings. The molecule has 0 saturated carbocycles. The molecular formula is C14H13ClN4. The Morgan fingerprint density at radius 1 is 1.21 bits per heavy atom. The summed E-state index contributed by atoms with van der Waals surface area (Å²) in [5, 5.41) is 5.05. The number of benzene rings is 1. The van der Waals surface area contributed by atoms with Gasteiger partial charge in [-0.1, -0.05) is 17.7 Å². The van der Waals surface area contributed by atoms with Crippen LogP contribution in [0.15, 0.2) is 36.8 Å². The number of nitrogens with zero attached hydrogens (tertiary/aromatic N) is 3. The second-order valence-corrected chi connectivity index (χ2v) is 4.83. The lowest BCUT2D eigenvalue weighted by atomic mass is 10.2. The standard InChI is InChI=1S/C14H13ClN4/c1-9-11(15)4-3-5-12(9)18-13-10-6-7-19(2)14(10)17-8-16-13/h3-8H,1-2H3,(H,16,17,18). The fraction of sp³-hybridized carbons (Fsp3) is 0.143. The molecule has 4 nitrogen and oxygen atoms in total. The second kappa shape index (κ2) is 4.55. The molecular weight excluding hydrogens is 260 g/mol. The summed E-state index contributed by atoms with van der Waals surface area (Å²) in [6.07, 6.45) is 3.53. The molecule has 0 atom stereocenters. The first-order valence-electron chi connectivity index (χ1n) is 5.95. The van der Waals surface area contributed by atoms with Crippen LogP contribution in [0.1, 0.15) is 5.56 Å². The van der Waals surface area contributed by atoms with Crippen LogP contribution in [0.25, 0.3) is 11.0 Å². The maximum absolute atomic E-state index is 6.13. The van der Waals surface area contributed by atoms with Gasteiger partial charge in [-0.2, -0.15) is 0 Å². The van der Waals surface area contributed by atoms with Crippen molar-refractivity contribution in [3.8, 4) is 0 Å². The van der Waals surface area contributed by atoms with Crippen LogP contribution in [-0.2, 0) is 7.05 Å². The van der Waals surface area contributed by atoms with Gasteiger partial charge in [-0.15, -0.1) is 0 Å². The highest BCUT2D eigenvalue weighted by Crippen LogP contribution is 2.28. The number of fused-ring (bicyclic) bond motifs is 1. The molecule has 0 bridgehead atoms. The van der Waals surface area contributed by atoms with Gasteiger partial charge in [0, 0.05) is 24.0 Å². The first-order chi connectivity index (χ1) is 9.16. The average molecular weight is 273 g/mol. The van der Waals surface area contributed by atoms with E-state index in [0.29, 0.717) is 0 Å². The summed E-state index contributed by atoms with van der Waals surface area (Å²) in [5.74, 6) is 0.788. The zero-order valence-corrected chi connectivity index (χ0v) is 11.4. The zero-order chi connectivity index (χ0) is 13.4. The molecule has 0 amide bonds. The smallest absolute Gasteiger partial charge is 0.145 e. The SMILES string of the molecule is Cc1c(Cl)cccc1Nc1ncnc2c1ccn2C. The molecule has 2 aromatic heterocycles. The Morgan fingerprint density at radius 2 is 2.05 bits per heavy atom. The molecule has 0 spiro atoms. The van der Waals surface area contributed by atoms with E-state index in [4.69, 9.17) is 11.6 Å². The zero-order valence-electron chi connectivity index (χ0n) is 10.7. The van der Waals surface area contributed by atoms with E-state index in [-0.39, 0.29) is 0 Å².